The molecule has 2 aromatic heterocycles. The van der Waals surface area contributed by atoms with Gasteiger partial charge in [0.1, 0.15) is 17.3 Å². The summed E-state index contributed by atoms with van der Waals surface area (Å²) in [6, 6.07) is 8.28. The molecule has 0 spiro atoms. The summed E-state index contributed by atoms with van der Waals surface area (Å²) in [6.07, 6.45) is 0.613. The fourth-order valence-corrected chi connectivity index (χ4v) is 3.87. The zero-order valence-electron chi connectivity index (χ0n) is 14.2. The van der Waals surface area contributed by atoms with Gasteiger partial charge in [0, 0.05) is 17.4 Å². The van der Waals surface area contributed by atoms with E-state index in [1.807, 2.05) is 24.4 Å². The topological polar surface area (TPSA) is 34.9 Å². The third kappa shape index (κ3) is 2.88. The standard InChI is InChI=1S/C19H21FN2OS/c1-4-16-21-18-17(19(23)22(16)10-9-20)15(11-24-18)14-7-5-13(6-8-14)12(2)3/h5-8,11-12H,4,9-10H2,1-3H3. The van der Waals surface area contributed by atoms with Crippen LogP contribution in [0.4, 0.5) is 4.39 Å². The second kappa shape index (κ2) is 6.85. The Morgan fingerprint density at radius 1 is 1.25 bits per heavy atom. The first-order valence-corrected chi connectivity index (χ1v) is 9.12. The number of benzene rings is 1. The van der Waals surface area contributed by atoms with Crippen LogP contribution < -0.4 is 5.56 Å². The molecule has 0 aliphatic heterocycles. The van der Waals surface area contributed by atoms with Gasteiger partial charge < -0.3 is 0 Å². The summed E-state index contributed by atoms with van der Waals surface area (Å²) >= 11 is 1.47. The maximum Gasteiger partial charge on any atom is 0.262 e. The molecule has 1 aromatic carbocycles. The smallest absolute Gasteiger partial charge is 0.262 e. The third-order valence-electron chi connectivity index (χ3n) is 4.29. The van der Waals surface area contributed by atoms with E-state index >= 15 is 0 Å². The molecule has 2 heterocycles. The molecular weight excluding hydrogens is 323 g/mol. The van der Waals surface area contributed by atoms with Crippen LogP contribution in [0.15, 0.2) is 34.4 Å². The lowest BCUT2D eigenvalue weighted by molar-refractivity contribution is 0.432. The molecule has 24 heavy (non-hydrogen) atoms. The lowest BCUT2D eigenvalue weighted by Gasteiger charge is -2.10. The minimum atomic E-state index is -0.567. The molecule has 3 nitrogen and oxygen atoms in total. The van der Waals surface area contributed by atoms with Crippen molar-refractivity contribution in [1.29, 1.82) is 0 Å². The van der Waals surface area contributed by atoms with E-state index in [0.717, 1.165) is 16.0 Å². The molecule has 0 atom stereocenters. The largest absolute Gasteiger partial charge is 0.293 e. The summed E-state index contributed by atoms with van der Waals surface area (Å²) in [7, 11) is 0. The molecule has 0 N–H and O–H groups in total. The predicted octanol–water partition coefficient (Wildman–Crippen LogP) is 4.78. The van der Waals surface area contributed by atoms with Crippen molar-refractivity contribution in [3.8, 4) is 11.1 Å². The van der Waals surface area contributed by atoms with Gasteiger partial charge in [0.05, 0.1) is 11.9 Å². The van der Waals surface area contributed by atoms with Gasteiger partial charge in [-0.2, -0.15) is 0 Å². The van der Waals surface area contributed by atoms with Gasteiger partial charge in [-0.25, -0.2) is 9.37 Å². The van der Waals surface area contributed by atoms with Crippen LogP contribution in [-0.2, 0) is 13.0 Å². The molecule has 0 saturated carbocycles. The minimum absolute atomic E-state index is 0.0620. The Hall–Kier alpha value is -2.01. The van der Waals surface area contributed by atoms with Gasteiger partial charge in [-0.1, -0.05) is 45.0 Å². The number of halogens is 1. The first kappa shape index (κ1) is 16.8. The van der Waals surface area contributed by atoms with Crippen LogP contribution in [0.2, 0.25) is 0 Å². The van der Waals surface area contributed by atoms with Gasteiger partial charge in [0.2, 0.25) is 0 Å². The fraction of sp³-hybridized carbons (Fsp3) is 0.368. The monoisotopic (exact) mass is 344 g/mol. The van der Waals surface area contributed by atoms with Crippen molar-refractivity contribution in [2.24, 2.45) is 0 Å². The normalized spacial score (nSPS) is 11.5. The number of aryl methyl sites for hydroxylation is 1. The van der Waals surface area contributed by atoms with E-state index in [4.69, 9.17) is 0 Å². The van der Waals surface area contributed by atoms with E-state index in [1.165, 1.54) is 21.5 Å². The molecule has 0 fully saturated rings. The summed E-state index contributed by atoms with van der Waals surface area (Å²) in [6.45, 7) is 5.73. The van der Waals surface area contributed by atoms with E-state index in [9.17, 15) is 9.18 Å². The zero-order chi connectivity index (χ0) is 17.3. The van der Waals surface area contributed by atoms with Crippen molar-refractivity contribution < 1.29 is 4.39 Å². The van der Waals surface area contributed by atoms with E-state index in [2.05, 4.69) is 31.0 Å². The number of hydrogen-bond donors (Lipinski definition) is 0. The van der Waals surface area contributed by atoms with E-state index in [0.29, 0.717) is 23.5 Å². The Labute approximate surface area is 144 Å². The average molecular weight is 344 g/mol. The Bertz CT molecular complexity index is 910. The average Bonchev–Trinajstić information content (AvgIpc) is 3.01. The summed E-state index contributed by atoms with van der Waals surface area (Å²) in [5.74, 6) is 1.11. The number of rotatable bonds is 5. The lowest BCUT2D eigenvalue weighted by Crippen LogP contribution is -2.25. The summed E-state index contributed by atoms with van der Waals surface area (Å²) < 4.78 is 14.3. The molecule has 0 amide bonds. The Kier molecular flexibility index (Phi) is 4.81. The summed E-state index contributed by atoms with van der Waals surface area (Å²) in [4.78, 5) is 18.2. The van der Waals surface area contributed by atoms with Crippen LogP contribution in [0.3, 0.4) is 0 Å². The molecule has 126 valence electrons. The third-order valence-corrected chi connectivity index (χ3v) is 5.16. The first-order valence-electron chi connectivity index (χ1n) is 8.24. The quantitative estimate of drug-likeness (QED) is 0.667. The Balaban J connectivity index is 2.19. The maximum absolute atomic E-state index is 12.9. The number of alkyl halides is 1. The van der Waals surface area contributed by atoms with Crippen LogP contribution >= 0.6 is 11.3 Å². The van der Waals surface area contributed by atoms with Crippen LogP contribution in [-0.4, -0.2) is 16.2 Å². The fourth-order valence-electron chi connectivity index (χ4n) is 2.91. The highest BCUT2D eigenvalue weighted by Crippen LogP contribution is 2.32. The van der Waals surface area contributed by atoms with Gasteiger partial charge in [0.15, 0.2) is 0 Å². The molecule has 3 rings (SSSR count). The van der Waals surface area contributed by atoms with Crippen LogP contribution in [0, 0.1) is 0 Å². The van der Waals surface area contributed by atoms with Crippen LogP contribution in [0.5, 0.6) is 0 Å². The molecule has 0 unspecified atom stereocenters. The Morgan fingerprint density at radius 2 is 1.96 bits per heavy atom. The van der Waals surface area contributed by atoms with Crippen molar-refractivity contribution in [1.82, 2.24) is 9.55 Å². The van der Waals surface area contributed by atoms with Crippen LogP contribution in [0.1, 0.15) is 38.1 Å². The highest BCUT2D eigenvalue weighted by molar-refractivity contribution is 7.17. The molecule has 0 aliphatic carbocycles. The highest BCUT2D eigenvalue weighted by atomic mass is 32.1. The number of nitrogens with zero attached hydrogens (tertiary/aromatic N) is 2. The molecule has 0 bridgehead atoms. The number of aromatic nitrogens is 2. The number of fused-ring (bicyclic) bond motifs is 1. The number of hydrogen-bond acceptors (Lipinski definition) is 3. The molecule has 3 aromatic rings. The van der Waals surface area contributed by atoms with E-state index in [-0.39, 0.29) is 12.1 Å². The molecule has 0 saturated heterocycles. The second-order valence-corrected chi connectivity index (χ2v) is 6.99. The molecule has 0 radical (unpaired) electrons. The summed E-state index contributed by atoms with van der Waals surface area (Å²) in [5.41, 5.74) is 3.01. The molecule has 5 heteroatoms. The molecular formula is C19H21FN2OS. The highest BCUT2D eigenvalue weighted by Gasteiger charge is 2.16. The van der Waals surface area contributed by atoms with Crippen molar-refractivity contribution in [2.45, 2.75) is 39.7 Å². The lowest BCUT2D eigenvalue weighted by atomic mass is 9.99. The van der Waals surface area contributed by atoms with Gasteiger partial charge in [-0.15, -0.1) is 11.3 Å². The summed E-state index contributed by atoms with van der Waals surface area (Å²) in [5, 5.41) is 2.57. The first-order chi connectivity index (χ1) is 11.6. The van der Waals surface area contributed by atoms with Gasteiger partial charge >= 0.3 is 0 Å². The van der Waals surface area contributed by atoms with Crippen molar-refractivity contribution in [3.05, 3.63) is 51.4 Å². The van der Waals surface area contributed by atoms with Crippen molar-refractivity contribution >= 4 is 21.6 Å². The SMILES string of the molecule is CCc1nc2scc(-c3ccc(C(C)C)cc3)c2c(=O)n1CCF. The van der Waals surface area contributed by atoms with E-state index < -0.39 is 6.67 Å². The van der Waals surface area contributed by atoms with Crippen LogP contribution in [0.25, 0.3) is 21.3 Å². The second-order valence-electron chi connectivity index (χ2n) is 6.13. The zero-order valence-corrected chi connectivity index (χ0v) is 15.0. The Morgan fingerprint density at radius 3 is 2.54 bits per heavy atom. The number of thiophene rings is 1. The van der Waals surface area contributed by atoms with E-state index in [1.54, 1.807) is 0 Å². The van der Waals surface area contributed by atoms with Crippen molar-refractivity contribution in [3.63, 3.8) is 0 Å². The van der Waals surface area contributed by atoms with Crippen molar-refractivity contribution in [2.75, 3.05) is 6.67 Å². The maximum atomic E-state index is 12.9. The van der Waals surface area contributed by atoms with Gasteiger partial charge in [0.25, 0.3) is 5.56 Å². The minimum Gasteiger partial charge on any atom is -0.293 e. The molecule has 0 aliphatic rings. The van der Waals surface area contributed by atoms with Gasteiger partial charge in [-0.05, 0) is 17.0 Å². The van der Waals surface area contributed by atoms with Gasteiger partial charge in [-0.3, -0.25) is 9.36 Å². The predicted molar refractivity (Wildman–Crippen MR) is 98.8 cm³/mol.